The second-order valence-corrected chi connectivity index (χ2v) is 4.66. The highest BCUT2D eigenvalue weighted by molar-refractivity contribution is 4.84. The molecule has 1 saturated heterocycles. The van der Waals surface area contributed by atoms with Crippen LogP contribution in [0.15, 0.2) is 0 Å². The van der Waals surface area contributed by atoms with Gasteiger partial charge < -0.3 is 5.11 Å². The maximum absolute atomic E-state index is 9.19. The first kappa shape index (κ1) is 10.0. The van der Waals surface area contributed by atoms with E-state index in [2.05, 4.69) is 25.7 Å². The third-order valence-corrected chi connectivity index (χ3v) is 2.90. The van der Waals surface area contributed by atoms with Gasteiger partial charge in [-0.3, -0.25) is 4.90 Å². The molecule has 72 valence electrons. The first-order valence-electron chi connectivity index (χ1n) is 4.92. The molecule has 1 unspecified atom stereocenters. The van der Waals surface area contributed by atoms with Crippen molar-refractivity contribution in [3.8, 4) is 0 Å². The SMILES string of the molecule is CC1CCCN(C(C)(C)CO)C1. The first-order chi connectivity index (χ1) is 5.56. The fraction of sp³-hybridized carbons (Fsp3) is 1.00. The minimum absolute atomic E-state index is 0.0192. The summed E-state index contributed by atoms with van der Waals surface area (Å²) < 4.78 is 0. The van der Waals surface area contributed by atoms with E-state index < -0.39 is 0 Å². The summed E-state index contributed by atoms with van der Waals surface area (Å²) in [7, 11) is 0. The van der Waals surface area contributed by atoms with Crippen molar-refractivity contribution in [2.45, 2.75) is 39.2 Å². The molecule has 12 heavy (non-hydrogen) atoms. The van der Waals surface area contributed by atoms with Gasteiger partial charge in [0.05, 0.1) is 6.61 Å². The Hall–Kier alpha value is -0.0800. The lowest BCUT2D eigenvalue weighted by molar-refractivity contribution is 0.0271. The normalized spacial score (nSPS) is 27.5. The van der Waals surface area contributed by atoms with Crippen LogP contribution in [0.2, 0.25) is 0 Å². The monoisotopic (exact) mass is 171 g/mol. The Labute approximate surface area is 75.6 Å². The predicted molar refractivity (Wildman–Crippen MR) is 51.1 cm³/mol. The van der Waals surface area contributed by atoms with Gasteiger partial charge in [-0.05, 0) is 39.2 Å². The summed E-state index contributed by atoms with van der Waals surface area (Å²) in [6, 6.07) is 0. The third-order valence-electron chi connectivity index (χ3n) is 2.90. The van der Waals surface area contributed by atoms with Gasteiger partial charge in [-0.1, -0.05) is 6.92 Å². The lowest BCUT2D eigenvalue weighted by atomic mass is 9.94. The summed E-state index contributed by atoms with van der Waals surface area (Å²) in [6.07, 6.45) is 2.63. The molecule has 1 rings (SSSR count). The topological polar surface area (TPSA) is 23.5 Å². The Bertz CT molecular complexity index is 145. The van der Waals surface area contributed by atoms with Gasteiger partial charge in [-0.15, -0.1) is 0 Å². The Balaban J connectivity index is 2.50. The number of aliphatic hydroxyl groups is 1. The maximum atomic E-state index is 9.19. The zero-order valence-corrected chi connectivity index (χ0v) is 8.51. The highest BCUT2D eigenvalue weighted by Gasteiger charge is 2.28. The molecule has 0 amide bonds. The summed E-state index contributed by atoms with van der Waals surface area (Å²) in [4.78, 5) is 2.40. The number of hydrogen-bond donors (Lipinski definition) is 1. The van der Waals surface area contributed by atoms with Gasteiger partial charge in [-0.2, -0.15) is 0 Å². The lowest BCUT2D eigenvalue weighted by Crippen LogP contribution is -2.50. The molecule has 1 aliphatic heterocycles. The standard InChI is InChI=1S/C10H21NO/c1-9-5-4-6-11(7-9)10(2,3)8-12/h9,12H,4-8H2,1-3H3. The number of aliphatic hydroxyl groups excluding tert-OH is 1. The van der Waals surface area contributed by atoms with Gasteiger partial charge in [-0.25, -0.2) is 0 Å². The van der Waals surface area contributed by atoms with Crippen LogP contribution in [0, 0.1) is 5.92 Å². The van der Waals surface area contributed by atoms with E-state index >= 15 is 0 Å². The fourth-order valence-electron chi connectivity index (χ4n) is 1.84. The third kappa shape index (κ3) is 2.20. The minimum atomic E-state index is -0.0192. The summed E-state index contributed by atoms with van der Waals surface area (Å²) in [5.41, 5.74) is -0.0192. The van der Waals surface area contributed by atoms with Crippen LogP contribution in [0.3, 0.4) is 0 Å². The predicted octanol–water partition coefficient (Wildman–Crippen LogP) is 1.49. The van der Waals surface area contributed by atoms with Gasteiger partial charge >= 0.3 is 0 Å². The smallest absolute Gasteiger partial charge is 0.0610 e. The van der Waals surface area contributed by atoms with Gasteiger partial charge in [0, 0.05) is 12.1 Å². The molecular weight excluding hydrogens is 150 g/mol. The molecule has 0 spiro atoms. The number of hydrogen-bond acceptors (Lipinski definition) is 2. The Morgan fingerprint density at radius 1 is 1.50 bits per heavy atom. The lowest BCUT2D eigenvalue weighted by Gasteiger charge is -2.41. The molecule has 0 aromatic rings. The van der Waals surface area contributed by atoms with Gasteiger partial charge in [0.25, 0.3) is 0 Å². The van der Waals surface area contributed by atoms with Gasteiger partial charge in [0.2, 0.25) is 0 Å². The van der Waals surface area contributed by atoms with Crippen molar-refractivity contribution < 1.29 is 5.11 Å². The summed E-state index contributed by atoms with van der Waals surface area (Å²) >= 11 is 0. The Morgan fingerprint density at radius 3 is 2.67 bits per heavy atom. The van der Waals surface area contributed by atoms with Crippen LogP contribution in [0.25, 0.3) is 0 Å². The zero-order valence-electron chi connectivity index (χ0n) is 8.51. The molecule has 0 radical (unpaired) electrons. The van der Waals surface area contributed by atoms with Crippen molar-refractivity contribution >= 4 is 0 Å². The van der Waals surface area contributed by atoms with Gasteiger partial charge in [0.1, 0.15) is 0 Å². The van der Waals surface area contributed by atoms with Crippen LogP contribution < -0.4 is 0 Å². The zero-order chi connectivity index (χ0) is 9.19. The number of likely N-dealkylation sites (tertiary alicyclic amines) is 1. The van der Waals surface area contributed by atoms with Crippen molar-refractivity contribution in [3.63, 3.8) is 0 Å². The molecule has 1 aliphatic rings. The molecule has 0 aromatic heterocycles. The van der Waals surface area contributed by atoms with Crippen LogP contribution in [0.5, 0.6) is 0 Å². The number of piperidine rings is 1. The van der Waals surface area contributed by atoms with E-state index in [0.717, 1.165) is 19.0 Å². The molecule has 0 saturated carbocycles. The molecular formula is C10H21NO. The van der Waals surface area contributed by atoms with Crippen molar-refractivity contribution in [1.82, 2.24) is 4.90 Å². The second-order valence-electron chi connectivity index (χ2n) is 4.66. The molecule has 1 N–H and O–H groups in total. The second kappa shape index (κ2) is 3.75. The Morgan fingerprint density at radius 2 is 2.17 bits per heavy atom. The van der Waals surface area contributed by atoms with Crippen LogP contribution in [0.1, 0.15) is 33.6 Å². The average molecular weight is 171 g/mol. The minimum Gasteiger partial charge on any atom is -0.394 e. The Kier molecular flexibility index (Phi) is 3.13. The van der Waals surface area contributed by atoms with Crippen LogP contribution in [0.4, 0.5) is 0 Å². The quantitative estimate of drug-likeness (QED) is 0.680. The molecule has 1 atom stereocenters. The first-order valence-corrected chi connectivity index (χ1v) is 4.92. The van der Waals surface area contributed by atoms with E-state index in [1.54, 1.807) is 0 Å². The molecule has 0 bridgehead atoms. The molecule has 1 heterocycles. The van der Waals surface area contributed by atoms with Crippen LogP contribution in [-0.4, -0.2) is 35.2 Å². The summed E-state index contributed by atoms with van der Waals surface area (Å²) in [5, 5.41) is 9.19. The van der Waals surface area contributed by atoms with Crippen molar-refractivity contribution in [1.29, 1.82) is 0 Å². The number of nitrogens with zero attached hydrogens (tertiary/aromatic N) is 1. The van der Waals surface area contributed by atoms with E-state index in [-0.39, 0.29) is 12.1 Å². The van der Waals surface area contributed by atoms with Gasteiger partial charge in [0.15, 0.2) is 0 Å². The summed E-state index contributed by atoms with van der Waals surface area (Å²) in [5.74, 6) is 0.796. The number of rotatable bonds is 2. The summed E-state index contributed by atoms with van der Waals surface area (Å²) in [6.45, 7) is 9.08. The molecule has 0 aromatic carbocycles. The van der Waals surface area contributed by atoms with E-state index in [0.29, 0.717) is 0 Å². The van der Waals surface area contributed by atoms with Crippen molar-refractivity contribution in [3.05, 3.63) is 0 Å². The molecule has 2 heteroatoms. The van der Waals surface area contributed by atoms with E-state index in [1.165, 1.54) is 12.8 Å². The molecule has 1 fully saturated rings. The largest absolute Gasteiger partial charge is 0.394 e. The van der Waals surface area contributed by atoms with E-state index in [1.807, 2.05) is 0 Å². The van der Waals surface area contributed by atoms with Crippen LogP contribution >= 0.6 is 0 Å². The highest BCUT2D eigenvalue weighted by atomic mass is 16.3. The maximum Gasteiger partial charge on any atom is 0.0610 e. The fourth-order valence-corrected chi connectivity index (χ4v) is 1.84. The van der Waals surface area contributed by atoms with Crippen molar-refractivity contribution in [2.75, 3.05) is 19.7 Å². The molecule has 0 aliphatic carbocycles. The van der Waals surface area contributed by atoms with Crippen molar-refractivity contribution in [2.24, 2.45) is 5.92 Å². The average Bonchev–Trinajstić information content (AvgIpc) is 2.05. The highest BCUT2D eigenvalue weighted by Crippen LogP contribution is 2.22. The van der Waals surface area contributed by atoms with E-state index in [4.69, 9.17) is 0 Å². The molecule has 2 nitrogen and oxygen atoms in total. The van der Waals surface area contributed by atoms with E-state index in [9.17, 15) is 5.11 Å². The van der Waals surface area contributed by atoms with Crippen LogP contribution in [-0.2, 0) is 0 Å².